The Morgan fingerprint density at radius 2 is 2.25 bits per heavy atom. The number of hydrogen-bond acceptors (Lipinski definition) is 3. The fourth-order valence-corrected chi connectivity index (χ4v) is 0. The lowest BCUT2D eigenvalue weighted by atomic mass is 15.9. The SMILES string of the molecule is SOSI. The predicted molar refractivity (Wildman–Crippen MR) is 31.7 cm³/mol. The summed E-state index contributed by atoms with van der Waals surface area (Å²) in [5.74, 6) is 0. The summed E-state index contributed by atoms with van der Waals surface area (Å²) in [6.07, 6.45) is 0. The number of hydrogen-bond donors (Lipinski definition) is 1. The van der Waals surface area contributed by atoms with Gasteiger partial charge in [0.15, 0.2) is 0 Å². The fourth-order valence-electron chi connectivity index (χ4n) is 0. The summed E-state index contributed by atoms with van der Waals surface area (Å²) in [6.45, 7) is 0. The van der Waals surface area contributed by atoms with Crippen LogP contribution in [-0.4, -0.2) is 0 Å². The summed E-state index contributed by atoms with van der Waals surface area (Å²) in [4.78, 5) is 0. The maximum atomic E-state index is 4.14. The third-order valence-corrected chi connectivity index (χ3v) is 1.70. The molecule has 0 radical (unpaired) electrons. The minimum Gasteiger partial charge on any atom is -0.240 e. The first-order chi connectivity index (χ1) is 1.91. The Kier molecular flexibility index (Phi) is 5.92. The Labute approximate surface area is 46.9 Å². The van der Waals surface area contributed by atoms with Crippen LogP contribution >= 0.6 is 43.3 Å². The molecule has 0 atom stereocenters. The summed E-state index contributed by atoms with van der Waals surface area (Å²) >= 11 is 5.35. The molecule has 1 nitrogen and oxygen atoms in total. The van der Waals surface area contributed by atoms with Gasteiger partial charge in [0.1, 0.15) is 0 Å². The summed E-state index contributed by atoms with van der Waals surface area (Å²) in [6, 6.07) is 0. The predicted octanol–water partition coefficient (Wildman–Crippen LogP) is 1.85. The third-order valence-electron chi connectivity index (χ3n) is 0.0282. The zero-order valence-electron chi connectivity index (χ0n) is 1.64. The van der Waals surface area contributed by atoms with E-state index < -0.39 is 0 Å². The molecule has 0 aliphatic rings. The molecule has 0 heterocycles. The molecule has 0 unspecified atom stereocenters. The summed E-state index contributed by atoms with van der Waals surface area (Å²) in [5.41, 5.74) is 0. The van der Waals surface area contributed by atoms with Gasteiger partial charge in [0, 0.05) is 21.2 Å². The maximum absolute atomic E-state index is 4.14. The van der Waals surface area contributed by atoms with Gasteiger partial charge in [-0.2, -0.15) is 0 Å². The minimum absolute atomic E-state index is 1.19. The Hall–Kier alpha value is 1.39. The van der Waals surface area contributed by atoms with Crippen molar-refractivity contribution in [1.29, 1.82) is 0 Å². The largest absolute Gasteiger partial charge is 0.240 e. The van der Waals surface area contributed by atoms with Crippen LogP contribution in [0.2, 0.25) is 0 Å². The standard InChI is InChI=1S/HIOS2/c1-4-2-3/h3H. The van der Waals surface area contributed by atoms with Crippen LogP contribution in [0.4, 0.5) is 0 Å². The molecule has 0 spiro atoms. The molecule has 0 aliphatic carbocycles. The van der Waals surface area contributed by atoms with E-state index in [1.165, 1.54) is 9.21 Å². The van der Waals surface area contributed by atoms with Gasteiger partial charge in [-0.25, -0.2) is 3.63 Å². The summed E-state index contributed by atoms with van der Waals surface area (Å²) in [5, 5.41) is 0. The molecule has 4 heteroatoms. The highest BCUT2D eigenvalue weighted by Crippen LogP contribution is 2.12. The van der Waals surface area contributed by atoms with Crippen LogP contribution < -0.4 is 0 Å². The second kappa shape index (κ2) is 4.39. The summed E-state index contributed by atoms with van der Waals surface area (Å²) < 4.78 is 4.14. The number of thiol groups is 1. The van der Waals surface area contributed by atoms with E-state index in [1.54, 1.807) is 0 Å². The first-order valence-electron chi connectivity index (χ1n) is 0.504. The molecule has 0 saturated carbocycles. The molecule has 0 aliphatic heterocycles. The van der Waals surface area contributed by atoms with Gasteiger partial charge in [0.2, 0.25) is 0 Å². The molecule has 0 amide bonds. The summed E-state index contributed by atoms with van der Waals surface area (Å²) in [7, 11) is 1.19. The maximum Gasteiger partial charge on any atom is 0.0802 e. The van der Waals surface area contributed by atoms with E-state index in [1.807, 2.05) is 21.2 Å². The highest BCUT2D eigenvalue weighted by molar-refractivity contribution is 14.2. The molecule has 0 rings (SSSR count). The van der Waals surface area contributed by atoms with E-state index in [0.29, 0.717) is 0 Å². The van der Waals surface area contributed by atoms with Crippen LogP contribution in [0.1, 0.15) is 0 Å². The van der Waals surface area contributed by atoms with Gasteiger partial charge in [0.25, 0.3) is 0 Å². The molecule has 0 aromatic rings. The Balaban J connectivity index is 1.97. The molecule has 0 fully saturated rings. The zero-order valence-corrected chi connectivity index (χ0v) is 5.51. The van der Waals surface area contributed by atoms with Crippen molar-refractivity contribution in [3.8, 4) is 0 Å². The van der Waals surface area contributed by atoms with Crippen LogP contribution in [0.5, 0.6) is 0 Å². The van der Waals surface area contributed by atoms with E-state index in [4.69, 9.17) is 0 Å². The lowest BCUT2D eigenvalue weighted by Crippen LogP contribution is -1.27. The van der Waals surface area contributed by atoms with E-state index in [9.17, 15) is 0 Å². The van der Waals surface area contributed by atoms with Gasteiger partial charge in [0.05, 0.1) is 9.21 Å². The van der Waals surface area contributed by atoms with Crippen molar-refractivity contribution < 1.29 is 3.63 Å². The van der Waals surface area contributed by atoms with Gasteiger partial charge in [-0.1, -0.05) is 0 Å². The second-order valence-corrected chi connectivity index (χ2v) is 1.94. The van der Waals surface area contributed by atoms with Crippen molar-refractivity contribution in [1.82, 2.24) is 0 Å². The van der Waals surface area contributed by atoms with Gasteiger partial charge in [-0.3, -0.25) is 0 Å². The molecule has 0 saturated heterocycles. The van der Waals surface area contributed by atoms with Crippen molar-refractivity contribution in [2.75, 3.05) is 0 Å². The number of halogens is 1. The Morgan fingerprint density at radius 3 is 2.25 bits per heavy atom. The molecule has 0 N–H and O–H groups in total. The van der Waals surface area contributed by atoms with Crippen molar-refractivity contribution in [2.24, 2.45) is 0 Å². The van der Waals surface area contributed by atoms with Gasteiger partial charge in [-0.15, -0.1) is 0 Å². The molecule has 0 aromatic carbocycles. The molecule has 4 heavy (non-hydrogen) atoms. The van der Waals surface area contributed by atoms with Gasteiger partial charge in [-0.05, 0) is 12.9 Å². The van der Waals surface area contributed by atoms with Crippen molar-refractivity contribution >= 4 is 43.3 Å². The fraction of sp³-hybridized carbons (Fsp3) is 0. The topological polar surface area (TPSA) is 9.23 Å². The highest BCUT2D eigenvalue weighted by Gasteiger charge is 1.58. The average molecular weight is 208 g/mol. The van der Waals surface area contributed by atoms with Gasteiger partial charge < -0.3 is 0 Å². The molecular formula is HIOS2. The second-order valence-electron chi connectivity index (χ2n) is 0.138. The van der Waals surface area contributed by atoms with Crippen molar-refractivity contribution in [3.05, 3.63) is 0 Å². The Morgan fingerprint density at radius 1 is 2.00 bits per heavy atom. The lowest BCUT2D eigenvalue weighted by molar-refractivity contribution is 0.789. The van der Waals surface area contributed by atoms with Gasteiger partial charge >= 0.3 is 0 Å². The van der Waals surface area contributed by atoms with Crippen LogP contribution in [0.25, 0.3) is 0 Å². The number of rotatable bonds is 1. The van der Waals surface area contributed by atoms with Crippen molar-refractivity contribution in [2.45, 2.75) is 0 Å². The Bertz CT molecular complexity index is 8.00. The molecular weight excluding hydrogens is 207 g/mol. The molecule has 0 bridgehead atoms. The smallest absolute Gasteiger partial charge is 0.0802 e. The molecule has 26 valence electrons. The lowest BCUT2D eigenvalue weighted by Gasteiger charge is -1.68. The van der Waals surface area contributed by atoms with Crippen LogP contribution in [-0.2, 0) is 3.63 Å². The first kappa shape index (κ1) is 5.39. The monoisotopic (exact) mass is 208 g/mol. The zero-order chi connectivity index (χ0) is 3.41. The van der Waals surface area contributed by atoms with E-state index in [0.717, 1.165) is 0 Å². The quantitative estimate of drug-likeness (QED) is 0.400. The first-order valence-corrected chi connectivity index (χ1v) is 4.15. The normalized spacial score (nSPS) is 7.50. The molecule has 0 aromatic heterocycles. The van der Waals surface area contributed by atoms with Crippen LogP contribution in [0.15, 0.2) is 0 Å². The highest BCUT2D eigenvalue weighted by atomic mass is 127. The van der Waals surface area contributed by atoms with Crippen LogP contribution in [0.3, 0.4) is 0 Å². The van der Waals surface area contributed by atoms with Crippen LogP contribution in [0, 0.1) is 0 Å². The van der Waals surface area contributed by atoms with Crippen molar-refractivity contribution in [3.63, 3.8) is 0 Å². The average Bonchev–Trinajstić information content (AvgIpc) is 1.37. The minimum atomic E-state index is 1.19. The van der Waals surface area contributed by atoms with E-state index in [-0.39, 0.29) is 0 Å². The van der Waals surface area contributed by atoms with E-state index in [2.05, 4.69) is 16.5 Å². The third kappa shape index (κ3) is 3.39. The van der Waals surface area contributed by atoms with E-state index >= 15 is 0 Å².